The van der Waals surface area contributed by atoms with Crippen LogP contribution in [0.15, 0.2) is 48.5 Å². The van der Waals surface area contributed by atoms with Crippen LogP contribution in [0.2, 0.25) is 0 Å². The van der Waals surface area contributed by atoms with Crippen LogP contribution in [0.4, 0.5) is 10.1 Å². The summed E-state index contributed by atoms with van der Waals surface area (Å²) in [6.45, 7) is -0.230. The normalized spacial score (nSPS) is 10.0. The zero-order valence-electron chi connectivity index (χ0n) is 9.90. The molecule has 0 aliphatic carbocycles. The summed E-state index contributed by atoms with van der Waals surface area (Å²) in [4.78, 5) is 11.7. The second kappa shape index (κ2) is 6.51. The first kappa shape index (κ1) is 13.8. The maximum absolute atomic E-state index is 13.3. The van der Waals surface area contributed by atoms with E-state index in [0.717, 1.165) is 3.57 Å². The van der Waals surface area contributed by atoms with Crippen molar-refractivity contribution in [2.75, 3.05) is 11.9 Å². The number of nitrogens with one attached hydrogen (secondary N) is 1. The van der Waals surface area contributed by atoms with Crippen molar-refractivity contribution in [3.63, 3.8) is 0 Å². The molecule has 19 heavy (non-hydrogen) atoms. The van der Waals surface area contributed by atoms with Gasteiger partial charge in [0.25, 0.3) is 5.91 Å². The third-order valence-electron chi connectivity index (χ3n) is 2.34. The molecule has 5 heteroatoms. The van der Waals surface area contributed by atoms with Crippen molar-refractivity contribution in [1.29, 1.82) is 0 Å². The van der Waals surface area contributed by atoms with Crippen molar-refractivity contribution in [3.05, 3.63) is 57.9 Å². The van der Waals surface area contributed by atoms with Crippen LogP contribution in [-0.2, 0) is 4.79 Å². The van der Waals surface area contributed by atoms with E-state index in [1.807, 2.05) is 18.2 Å². The lowest BCUT2D eigenvalue weighted by atomic mass is 10.3. The van der Waals surface area contributed by atoms with E-state index >= 15 is 0 Å². The molecular formula is C14H11FINO2. The van der Waals surface area contributed by atoms with E-state index in [9.17, 15) is 9.18 Å². The van der Waals surface area contributed by atoms with Crippen molar-refractivity contribution in [2.45, 2.75) is 0 Å². The molecule has 2 rings (SSSR count). The van der Waals surface area contributed by atoms with Gasteiger partial charge in [0.15, 0.2) is 18.2 Å². The van der Waals surface area contributed by atoms with E-state index in [0.29, 0.717) is 5.69 Å². The highest BCUT2D eigenvalue weighted by Crippen LogP contribution is 2.18. The number of ether oxygens (including phenoxy) is 1. The zero-order valence-corrected chi connectivity index (χ0v) is 12.1. The summed E-state index contributed by atoms with van der Waals surface area (Å²) in [5, 5.41) is 2.71. The van der Waals surface area contributed by atoms with Crippen molar-refractivity contribution in [3.8, 4) is 5.75 Å². The number of rotatable bonds is 4. The molecule has 0 unspecified atom stereocenters. The Morgan fingerprint density at radius 2 is 1.84 bits per heavy atom. The van der Waals surface area contributed by atoms with Crippen LogP contribution in [-0.4, -0.2) is 12.5 Å². The Morgan fingerprint density at radius 3 is 2.58 bits per heavy atom. The van der Waals surface area contributed by atoms with E-state index < -0.39 is 5.82 Å². The smallest absolute Gasteiger partial charge is 0.262 e. The molecule has 1 N–H and O–H groups in total. The van der Waals surface area contributed by atoms with E-state index in [1.54, 1.807) is 18.2 Å². The topological polar surface area (TPSA) is 38.3 Å². The van der Waals surface area contributed by atoms with Crippen LogP contribution in [0, 0.1) is 9.39 Å². The molecule has 0 radical (unpaired) electrons. The minimum atomic E-state index is -0.482. The molecule has 3 nitrogen and oxygen atoms in total. The lowest BCUT2D eigenvalue weighted by molar-refractivity contribution is -0.118. The highest BCUT2D eigenvalue weighted by Gasteiger charge is 2.07. The van der Waals surface area contributed by atoms with Crippen LogP contribution < -0.4 is 10.1 Å². The van der Waals surface area contributed by atoms with Gasteiger partial charge in [0.2, 0.25) is 0 Å². The molecule has 0 fully saturated rings. The molecule has 0 spiro atoms. The van der Waals surface area contributed by atoms with E-state index in [-0.39, 0.29) is 18.3 Å². The van der Waals surface area contributed by atoms with Gasteiger partial charge in [-0.15, -0.1) is 0 Å². The number of carbonyl (C=O) groups is 1. The number of para-hydroxylation sites is 2. The van der Waals surface area contributed by atoms with Gasteiger partial charge in [-0.2, -0.15) is 0 Å². The fraction of sp³-hybridized carbons (Fsp3) is 0.0714. The van der Waals surface area contributed by atoms with Crippen molar-refractivity contribution in [2.24, 2.45) is 0 Å². The second-order valence-electron chi connectivity index (χ2n) is 3.75. The van der Waals surface area contributed by atoms with Crippen LogP contribution in [0.5, 0.6) is 5.75 Å². The molecule has 1 amide bonds. The van der Waals surface area contributed by atoms with Crippen LogP contribution in [0.1, 0.15) is 0 Å². The number of benzene rings is 2. The Morgan fingerprint density at radius 1 is 1.16 bits per heavy atom. The standard InChI is InChI=1S/C14H11FINO2/c15-10-5-1-4-8-13(10)19-9-14(18)17-12-7-3-2-6-11(12)16/h1-8H,9H2,(H,17,18). The molecule has 0 saturated heterocycles. The van der Waals surface area contributed by atoms with Crippen molar-refractivity contribution in [1.82, 2.24) is 0 Å². The van der Waals surface area contributed by atoms with Gasteiger partial charge in [0.05, 0.1) is 5.69 Å². The molecule has 0 aromatic heterocycles. The summed E-state index contributed by atoms with van der Waals surface area (Å²) >= 11 is 2.12. The first-order chi connectivity index (χ1) is 9.16. The molecule has 98 valence electrons. The number of amides is 1. The Hall–Kier alpha value is -1.63. The Bertz CT molecular complexity index is 589. The van der Waals surface area contributed by atoms with E-state index in [4.69, 9.17) is 4.74 Å². The lowest BCUT2D eigenvalue weighted by Gasteiger charge is -2.09. The Labute approximate surface area is 123 Å². The molecule has 0 aliphatic rings. The maximum Gasteiger partial charge on any atom is 0.262 e. The summed E-state index contributed by atoms with van der Waals surface area (Å²) in [5.41, 5.74) is 0.713. The maximum atomic E-state index is 13.3. The molecular weight excluding hydrogens is 360 g/mol. The van der Waals surface area contributed by atoms with Gasteiger partial charge in [-0.3, -0.25) is 4.79 Å². The van der Waals surface area contributed by atoms with Gasteiger partial charge in [0, 0.05) is 3.57 Å². The zero-order chi connectivity index (χ0) is 13.7. The van der Waals surface area contributed by atoms with Crippen LogP contribution in [0.3, 0.4) is 0 Å². The molecule has 0 bridgehead atoms. The molecule has 0 aliphatic heterocycles. The summed E-state index contributed by atoms with van der Waals surface area (Å²) in [6, 6.07) is 13.4. The summed E-state index contributed by atoms with van der Waals surface area (Å²) in [6.07, 6.45) is 0. The van der Waals surface area contributed by atoms with E-state index in [1.165, 1.54) is 12.1 Å². The Kier molecular flexibility index (Phi) is 4.73. The number of hydrogen-bond donors (Lipinski definition) is 1. The molecule has 0 heterocycles. The fourth-order valence-electron chi connectivity index (χ4n) is 1.45. The number of halogens is 2. The monoisotopic (exact) mass is 371 g/mol. The predicted molar refractivity (Wildman–Crippen MR) is 79.7 cm³/mol. The van der Waals surface area contributed by atoms with Gasteiger partial charge < -0.3 is 10.1 Å². The Balaban J connectivity index is 1.92. The largest absolute Gasteiger partial charge is 0.481 e. The highest BCUT2D eigenvalue weighted by molar-refractivity contribution is 14.1. The predicted octanol–water partition coefficient (Wildman–Crippen LogP) is 3.45. The molecule has 0 saturated carbocycles. The van der Waals surface area contributed by atoms with Gasteiger partial charge in [-0.05, 0) is 46.9 Å². The molecule has 0 atom stereocenters. The third-order valence-corrected chi connectivity index (χ3v) is 3.28. The molecule has 2 aromatic carbocycles. The SMILES string of the molecule is O=C(COc1ccccc1F)Nc1ccccc1I. The van der Waals surface area contributed by atoms with Crippen LogP contribution in [0.25, 0.3) is 0 Å². The highest BCUT2D eigenvalue weighted by atomic mass is 127. The molecule has 2 aromatic rings. The minimum absolute atomic E-state index is 0.0698. The van der Waals surface area contributed by atoms with Gasteiger partial charge in [-0.1, -0.05) is 24.3 Å². The number of anilines is 1. The van der Waals surface area contributed by atoms with Gasteiger partial charge in [0.1, 0.15) is 0 Å². The fourth-order valence-corrected chi connectivity index (χ4v) is 1.98. The minimum Gasteiger partial charge on any atom is -0.481 e. The average Bonchev–Trinajstić information content (AvgIpc) is 2.40. The number of carbonyl (C=O) groups excluding carboxylic acids is 1. The summed E-state index contributed by atoms with van der Waals surface area (Å²) in [7, 11) is 0. The van der Waals surface area contributed by atoms with Gasteiger partial charge >= 0.3 is 0 Å². The third kappa shape index (κ3) is 3.92. The van der Waals surface area contributed by atoms with Crippen molar-refractivity contribution >= 4 is 34.2 Å². The summed E-state index contributed by atoms with van der Waals surface area (Å²) < 4.78 is 19.3. The van der Waals surface area contributed by atoms with Gasteiger partial charge in [-0.25, -0.2) is 4.39 Å². The first-order valence-electron chi connectivity index (χ1n) is 5.58. The number of hydrogen-bond acceptors (Lipinski definition) is 2. The second-order valence-corrected chi connectivity index (χ2v) is 4.91. The quantitative estimate of drug-likeness (QED) is 0.837. The van der Waals surface area contributed by atoms with Crippen molar-refractivity contribution < 1.29 is 13.9 Å². The van der Waals surface area contributed by atoms with E-state index in [2.05, 4.69) is 27.9 Å². The summed E-state index contributed by atoms with van der Waals surface area (Å²) in [5.74, 6) is -0.739. The lowest BCUT2D eigenvalue weighted by Crippen LogP contribution is -2.20. The average molecular weight is 371 g/mol. The first-order valence-corrected chi connectivity index (χ1v) is 6.66. The van der Waals surface area contributed by atoms with Crippen LogP contribution >= 0.6 is 22.6 Å².